The van der Waals surface area contributed by atoms with Crippen molar-refractivity contribution >= 4 is 61.6 Å². The zero-order valence-corrected chi connectivity index (χ0v) is 38.5. The van der Waals surface area contributed by atoms with Crippen LogP contribution in [0.1, 0.15) is 32.1 Å². The highest BCUT2D eigenvalue weighted by molar-refractivity contribution is 6.83. The molecule has 0 rings (SSSR count). The predicted octanol–water partition coefficient (Wildman–Crippen LogP) is 4.46. The van der Waals surface area contributed by atoms with E-state index in [1.54, 1.807) is 64.0 Å². The fraction of sp³-hybridized carbons (Fsp3) is 1.00. The molecule has 46 heavy (non-hydrogen) atoms. The van der Waals surface area contributed by atoms with Crippen molar-refractivity contribution in [2.24, 2.45) is 0 Å². The summed E-state index contributed by atoms with van der Waals surface area (Å²) in [6, 6.07) is 5.39. The van der Waals surface area contributed by atoms with E-state index < -0.39 is 61.6 Å². The van der Waals surface area contributed by atoms with Crippen LogP contribution in [-0.2, 0) is 52.5 Å². The molecule has 0 aromatic rings. The van der Waals surface area contributed by atoms with Crippen molar-refractivity contribution in [1.29, 1.82) is 0 Å². The quantitative estimate of drug-likeness (QED) is 0.0785. The van der Waals surface area contributed by atoms with Gasteiger partial charge in [0.1, 0.15) is 0 Å². The minimum Gasteiger partial charge on any atom is -0.439 e. The third-order valence-electron chi connectivity index (χ3n) is 8.43. The average Bonchev–Trinajstić information content (AvgIpc) is 3.04. The Morgan fingerprint density at radius 3 is 1.26 bits per heavy atom. The normalized spacial score (nSPS) is 17.1. The molecule has 0 saturated carbocycles. The number of rotatable bonds is 31. The summed E-state index contributed by atoms with van der Waals surface area (Å²) in [4.78, 5) is 9.85. The Labute approximate surface area is 289 Å². The molecule has 1 N–H and O–H groups in total. The molecule has 20 heteroatoms. The maximum absolute atomic E-state index is 9.85. The first-order valence-corrected chi connectivity index (χ1v) is 32.1. The topological polar surface area (TPSA) is 131 Å². The fourth-order valence-electron chi connectivity index (χ4n) is 5.58. The lowest BCUT2D eigenvalue weighted by molar-refractivity contribution is 0.122. The van der Waals surface area contributed by atoms with E-state index in [9.17, 15) is 4.80 Å². The van der Waals surface area contributed by atoms with E-state index in [0.717, 1.165) is 62.3 Å². The van der Waals surface area contributed by atoms with Crippen LogP contribution in [0.15, 0.2) is 0 Å². The van der Waals surface area contributed by atoms with Crippen molar-refractivity contribution in [1.82, 2.24) is 0 Å². The van der Waals surface area contributed by atoms with E-state index in [1.807, 2.05) is 6.55 Å². The summed E-state index contributed by atoms with van der Waals surface area (Å²) < 4.78 is 72.0. The Morgan fingerprint density at radius 1 is 0.478 bits per heavy atom. The van der Waals surface area contributed by atoms with Crippen molar-refractivity contribution in [2.75, 3.05) is 70.6 Å². The molecule has 0 radical (unpaired) electrons. The molecule has 0 aliphatic heterocycles. The first-order chi connectivity index (χ1) is 21.7. The predicted molar refractivity (Wildman–Crippen MR) is 197 cm³/mol. The Balaban J connectivity index is 6.03. The lowest BCUT2D eigenvalue weighted by atomic mass is 10.4. The molecule has 0 spiro atoms. The van der Waals surface area contributed by atoms with Gasteiger partial charge in [0.05, 0.1) is 0 Å². The summed E-state index contributed by atoms with van der Waals surface area (Å²) in [6.45, 7) is 9.11. The van der Waals surface area contributed by atoms with Crippen LogP contribution in [0.4, 0.5) is 0 Å². The van der Waals surface area contributed by atoms with Crippen LogP contribution in [0.5, 0.6) is 0 Å². The first-order valence-electron chi connectivity index (χ1n) is 16.3. The van der Waals surface area contributed by atoms with E-state index in [-0.39, 0.29) is 0 Å². The van der Waals surface area contributed by atoms with Crippen LogP contribution >= 0.6 is 0 Å². The van der Waals surface area contributed by atoms with Gasteiger partial charge in [-0.25, -0.2) is 0 Å². The Morgan fingerprint density at radius 2 is 0.870 bits per heavy atom. The van der Waals surface area contributed by atoms with Gasteiger partial charge in [-0.15, -0.1) is 0 Å². The van der Waals surface area contributed by atoms with E-state index in [2.05, 4.69) is 19.6 Å². The maximum Gasteiger partial charge on any atom is 0.500 e. The number of unbranched alkanes of at least 4 members (excludes halogenated alkanes) is 1. The minimum absolute atomic E-state index is 0.591. The Hall–Kier alpha value is 0.998. The van der Waals surface area contributed by atoms with Gasteiger partial charge >= 0.3 is 43.5 Å². The van der Waals surface area contributed by atoms with Crippen molar-refractivity contribution in [3.63, 3.8) is 0 Å². The van der Waals surface area contributed by atoms with E-state index in [4.69, 9.17) is 52.5 Å². The SMILES string of the molecule is CO[Si](CCC[SiH](C)O[Si](C)(CCC[Si](OC)(OC)OC)O[Si](C)(CCC[Si](OC)(OC)OC)OCCCC[SiH](C)O)(OC)OC. The van der Waals surface area contributed by atoms with Gasteiger partial charge in [-0.2, -0.15) is 0 Å². The summed E-state index contributed by atoms with van der Waals surface area (Å²) in [5.41, 5.74) is 0. The van der Waals surface area contributed by atoms with E-state index in [1.165, 1.54) is 0 Å². The van der Waals surface area contributed by atoms with Gasteiger partial charge in [0.25, 0.3) is 0 Å². The van der Waals surface area contributed by atoms with Crippen LogP contribution < -0.4 is 0 Å². The van der Waals surface area contributed by atoms with E-state index in [0.29, 0.717) is 18.7 Å². The van der Waals surface area contributed by atoms with Gasteiger partial charge in [-0.05, 0) is 76.0 Å². The molecule has 0 aliphatic carbocycles. The van der Waals surface area contributed by atoms with Gasteiger partial charge in [0.15, 0.2) is 18.1 Å². The van der Waals surface area contributed by atoms with Crippen molar-refractivity contribution in [2.45, 2.75) is 101 Å². The summed E-state index contributed by atoms with van der Waals surface area (Å²) in [5, 5.41) is 0. The van der Waals surface area contributed by atoms with Crippen molar-refractivity contribution in [3.8, 4) is 0 Å². The zero-order valence-electron chi connectivity index (χ0n) is 31.2. The van der Waals surface area contributed by atoms with Crippen LogP contribution in [0, 0.1) is 0 Å². The largest absolute Gasteiger partial charge is 0.500 e. The fourth-order valence-corrected chi connectivity index (χ4v) is 25.6. The van der Waals surface area contributed by atoms with Gasteiger partial charge in [-0.1, -0.05) is 6.42 Å². The van der Waals surface area contributed by atoms with Crippen LogP contribution in [0.25, 0.3) is 0 Å². The lowest BCUT2D eigenvalue weighted by Crippen LogP contribution is -2.54. The summed E-state index contributed by atoms with van der Waals surface area (Å²) in [7, 11) is -2.11. The number of hydrogen-bond acceptors (Lipinski definition) is 13. The monoisotopic (exact) mass is 784 g/mol. The maximum atomic E-state index is 9.85. The van der Waals surface area contributed by atoms with Gasteiger partial charge in [0, 0.05) is 88.7 Å². The van der Waals surface area contributed by atoms with Crippen LogP contribution in [0.2, 0.25) is 68.5 Å². The van der Waals surface area contributed by atoms with Gasteiger partial charge < -0.3 is 57.3 Å². The smallest absolute Gasteiger partial charge is 0.439 e. The van der Waals surface area contributed by atoms with Crippen molar-refractivity contribution < 1.29 is 57.3 Å². The Kier molecular flexibility index (Phi) is 24.8. The van der Waals surface area contributed by atoms with Gasteiger partial charge in [-0.3, -0.25) is 0 Å². The summed E-state index contributed by atoms with van der Waals surface area (Å²) in [6.07, 6.45) is 4.29. The second-order valence-corrected chi connectivity index (χ2v) is 33.3. The zero-order chi connectivity index (χ0) is 35.3. The van der Waals surface area contributed by atoms with Crippen molar-refractivity contribution in [3.05, 3.63) is 0 Å². The molecule has 4 unspecified atom stereocenters. The third-order valence-corrected chi connectivity index (χ3v) is 29.8. The molecule has 13 nitrogen and oxygen atoms in total. The Bertz CT molecular complexity index is 743. The molecule has 0 saturated heterocycles. The molecule has 0 bridgehead atoms. The molecule has 4 atom stereocenters. The third kappa shape index (κ3) is 17.3. The molecular weight excluding hydrogens is 717 g/mol. The summed E-state index contributed by atoms with van der Waals surface area (Å²) in [5.74, 6) is 0. The standard InChI is InChI=1S/C26H68O13Si7/c1-28-44(29-2,30-3)24-16-21-41(11)38-43(13,23-18-26-46(34-7,35-8)36-9)39-42(12,37-19-14-15-20-40(10)27)22-17-25-45(31-4,32-5)33-6/h27,40-41H,14-26H2,1-13H3. The highest BCUT2D eigenvalue weighted by Crippen LogP contribution is 2.31. The molecule has 0 aliphatic rings. The second kappa shape index (κ2) is 24.2. The minimum atomic E-state index is -2.76. The van der Waals surface area contributed by atoms with Gasteiger partial charge in [0.2, 0.25) is 0 Å². The first kappa shape index (κ1) is 47.0. The van der Waals surface area contributed by atoms with E-state index >= 15 is 0 Å². The highest BCUT2D eigenvalue weighted by atomic mass is 28.5. The molecule has 278 valence electrons. The van der Waals surface area contributed by atoms with Crippen LogP contribution in [-0.4, -0.2) is 137 Å². The molecule has 0 fully saturated rings. The second-order valence-electron chi connectivity index (χ2n) is 12.0. The molecule has 0 amide bonds. The molecular formula is C26H68O13Si7. The highest BCUT2D eigenvalue weighted by Gasteiger charge is 2.47. The molecule has 0 heterocycles. The lowest BCUT2D eigenvalue weighted by Gasteiger charge is -2.39. The molecule has 0 aromatic heterocycles. The molecule has 0 aromatic carbocycles. The summed E-state index contributed by atoms with van der Waals surface area (Å²) >= 11 is 0. The average molecular weight is 785 g/mol. The van der Waals surface area contributed by atoms with Crippen LogP contribution in [0.3, 0.4) is 0 Å². The number of hydrogen-bond donors (Lipinski definition) is 1.